The summed E-state index contributed by atoms with van der Waals surface area (Å²) in [6.07, 6.45) is 1.95. The van der Waals surface area contributed by atoms with Gasteiger partial charge in [-0.25, -0.2) is 0 Å². The Hall–Kier alpha value is -5.12. The van der Waals surface area contributed by atoms with Crippen molar-refractivity contribution in [1.29, 1.82) is 0 Å². The van der Waals surface area contributed by atoms with Crippen LogP contribution in [0.3, 0.4) is 0 Å². The van der Waals surface area contributed by atoms with Gasteiger partial charge in [-0.3, -0.25) is 0 Å². The van der Waals surface area contributed by atoms with Gasteiger partial charge in [0.2, 0.25) is 0 Å². The minimum atomic E-state index is -0.883. The minimum Gasteiger partial charge on any atom is -0.0985 e. The third kappa shape index (κ3) is 5.69. The van der Waals surface area contributed by atoms with Gasteiger partial charge in [-0.1, -0.05) is 195 Å². The lowest BCUT2D eigenvalue weighted by Crippen LogP contribution is -2.26. The van der Waals surface area contributed by atoms with E-state index in [-0.39, 0.29) is 0 Å². The van der Waals surface area contributed by atoms with Gasteiger partial charge in [0.05, 0.1) is 0 Å². The maximum Gasteiger partial charge on any atom is -0.000883 e. The quantitative estimate of drug-likeness (QED) is 0.144. The molecule has 8 aromatic rings. The Morgan fingerprint density at radius 1 is 0.354 bits per heavy atom. The van der Waals surface area contributed by atoms with Crippen LogP contribution in [0.1, 0.15) is 5.56 Å². The molecule has 0 aliphatic carbocycles. The number of hydrogen-bond donors (Lipinski definition) is 0. The first-order valence-electron chi connectivity index (χ1n) is 16.3. The highest BCUT2D eigenvalue weighted by Gasteiger charge is 2.28. The molecule has 48 heavy (non-hydrogen) atoms. The molecule has 0 amide bonds. The van der Waals surface area contributed by atoms with Crippen molar-refractivity contribution >= 4 is 75.3 Å². The second-order valence-electron chi connectivity index (χ2n) is 11.8. The van der Waals surface area contributed by atoms with Crippen LogP contribution in [-0.2, 0) is 0 Å². The van der Waals surface area contributed by atoms with Crippen LogP contribution in [-0.4, -0.2) is 0 Å². The third-order valence-corrected chi connectivity index (χ3v) is 13.9. The Balaban J connectivity index is 1.54. The number of benzene rings is 8. The normalized spacial score (nSPS) is 11.4. The van der Waals surface area contributed by atoms with Crippen molar-refractivity contribution in [3.8, 4) is 11.1 Å². The molecular weight excluding hydrogens is 614 g/mol. The summed E-state index contributed by atoms with van der Waals surface area (Å²) in [5, 5.41) is 13.2. The van der Waals surface area contributed by atoms with Gasteiger partial charge in [0.15, 0.2) is 0 Å². The number of rotatable bonds is 8. The second kappa shape index (κ2) is 13.5. The summed E-state index contributed by atoms with van der Waals surface area (Å²) in [6.45, 7) is 4.09. The maximum absolute atomic E-state index is 4.09. The molecule has 0 nitrogen and oxygen atoms in total. The van der Waals surface area contributed by atoms with Crippen molar-refractivity contribution in [3.63, 3.8) is 0 Å². The Kier molecular flexibility index (Phi) is 8.53. The van der Waals surface area contributed by atoms with Gasteiger partial charge in [0, 0.05) is 0 Å². The lowest BCUT2D eigenvalue weighted by molar-refractivity contribution is 1.70. The molecule has 2 heteroatoms. The zero-order chi connectivity index (χ0) is 32.3. The molecular formula is C46H34P2. The van der Waals surface area contributed by atoms with E-state index < -0.39 is 15.8 Å². The first-order chi connectivity index (χ1) is 23.8. The van der Waals surface area contributed by atoms with Crippen LogP contribution in [0.5, 0.6) is 0 Å². The predicted molar refractivity (Wildman–Crippen MR) is 214 cm³/mol. The fraction of sp³-hybridized carbons (Fsp3) is 0. The molecule has 0 unspecified atom stereocenters. The van der Waals surface area contributed by atoms with E-state index >= 15 is 0 Å². The van der Waals surface area contributed by atoms with Gasteiger partial charge >= 0.3 is 0 Å². The van der Waals surface area contributed by atoms with E-state index in [1.165, 1.54) is 64.5 Å². The van der Waals surface area contributed by atoms with Gasteiger partial charge in [-0.05, 0) is 92.0 Å². The first-order valence-corrected chi connectivity index (χ1v) is 19.0. The van der Waals surface area contributed by atoms with E-state index in [4.69, 9.17) is 0 Å². The van der Waals surface area contributed by atoms with E-state index in [0.717, 1.165) is 5.56 Å². The molecule has 0 aliphatic heterocycles. The van der Waals surface area contributed by atoms with Crippen LogP contribution < -0.4 is 31.8 Å². The molecule has 0 saturated heterocycles. The Labute approximate surface area is 285 Å². The highest BCUT2D eigenvalue weighted by Crippen LogP contribution is 2.45. The monoisotopic (exact) mass is 648 g/mol. The van der Waals surface area contributed by atoms with Gasteiger partial charge in [0.1, 0.15) is 0 Å². The van der Waals surface area contributed by atoms with Gasteiger partial charge < -0.3 is 0 Å². The summed E-state index contributed by atoms with van der Waals surface area (Å²) < 4.78 is 0. The number of fused-ring (bicyclic) bond motifs is 2. The molecule has 0 bridgehead atoms. The summed E-state index contributed by atoms with van der Waals surface area (Å²) in [5.74, 6) is 0. The minimum absolute atomic E-state index is 0.877. The summed E-state index contributed by atoms with van der Waals surface area (Å²) in [4.78, 5) is 0. The zero-order valence-electron chi connectivity index (χ0n) is 26.6. The van der Waals surface area contributed by atoms with E-state index in [2.05, 4.69) is 195 Å². The van der Waals surface area contributed by atoms with Crippen LogP contribution in [0, 0.1) is 0 Å². The van der Waals surface area contributed by atoms with Crippen molar-refractivity contribution in [2.75, 3.05) is 0 Å². The molecule has 0 N–H and O–H groups in total. The highest BCUT2D eigenvalue weighted by molar-refractivity contribution is 7.80. The second-order valence-corrected chi connectivity index (χ2v) is 16.2. The molecule has 8 aromatic carbocycles. The summed E-state index contributed by atoms with van der Waals surface area (Å²) in [6, 6.07) is 69.6. The largest absolute Gasteiger partial charge is 0.0985 e. The van der Waals surface area contributed by atoms with Crippen molar-refractivity contribution < 1.29 is 0 Å². The fourth-order valence-corrected chi connectivity index (χ4v) is 11.7. The molecule has 228 valence electrons. The van der Waals surface area contributed by atoms with Crippen molar-refractivity contribution in [2.24, 2.45) is 0 Å². The van der Waals surface area contributed by atoms with Crippen molar-refractivity contribution in [3.05, 3.63) is 200 Å². The van der Waals surface area contributed by atoms with Crippen LogP contribution >= 0.6 is 15.8 Å². The van der Waals surface area contributed by atoms with Gasteiger partial charge in [-0.15, -0.1) is 0 Å². The zero-order valence-corrected chi connectivity index (χ0v) is 28.4. The smallest absolute Gasteiger partial charge is 0.000883 e. The number of hydrogen-bond acceptors (Lipinski definition) is 0. The van der Waals surface area contributed by atoms with Gasteiger partial charge in [-0.2, -0.15) is 0 Å². The molecule has 0 radical (unpaired) electrons. The van der Waals surface area contributed by atoms with E-state index in [9.17, 15) is 0 Å². The first kappa shape index (κ1) is 30.2. The molecule has 0 spiro atoms. The predicted octanol–water partition coefficient (Wildman–Crippen LogP) is 9.82. The van der Waals surface area contributed by atoms with Crippen molar-refractivity contribution in [1.82, 2.24) is 0 Å². The molecule has 0 fully saturated rings. The molecule has 0 atom stereocenters. The highest BCUT2D eigenvalue weighted by atomic mass is 31.1. The lowest BCUT2D eigenvalue weighted by atomic mass is 9.93. The standard InChI is InChI=1S/C46H34P2/c1-2-34-27-30-42-36(33-34)29-32-44(48(39-22-11-5-12-23-39)40-24-13-6-14-25-40)46(42)45-41-26-16-15-17-35(41)28-31-43(45)47(37-18-7-3-8-19-37)38-20-9-4-10-21-38/h2-33H,1H2. The average Bonchev–Trinajstić information content (AvgIpc) is 3.16. The summed E-state index contributed by atoms with van der Waals surface area (Å²) in [5.41, 5.74) is 3.79. The fourth-order valence-electron chi connectivity index (χ4n) is 6.78. The lowest BCUT2D eigenvalue weighted by Gasteiger charge is -2.28. The molecule has 0 saturated carbocycles. The van der Waals surface area contributed by atoms with Crippen LogP contribution in [0.4, 0.5) is 0 Å². The molecule has 0 aliphatic rings. The summed E-state index contributed by atoms with van der Waals surface area (Å²) >= 11 is 0. The van der Waals surface area contributed by atoms with E-state index in [0.29, 0.717) is 0 Å². The Bertz CT molecular complexity index is 2270. The van der Waals surface area contributed by atoms with Crippen molar-refractivity contribution in [2.45, 2.75) is 0 Å². The Morgan fingerprint density at radius 2 is 0.750 bits per heavy atom. The van der Waals surface area contributed by atoms with Crippen LogP contribution in [0.15, 0.2) is 195 Å². The molecule has 0 aromatic heterocycles. The van der Waals surface area contributed by atoms with Gasteiger partial charge in [0.25, 0.3) is 0 Å². The Morgan fingerprint density at radius 3 is 1.21 bits per heavy atom. The molecule has 0 heterocycles. The SMILES string of the molecule is C=Cc1ccc2c(-c3c(P(c4ccccc4)c4ccccc4)ccc4ccccc34)c(P(c3ccccc3)c3ccccc3)ccc2c1. The third-order valence-electron chi connectivity index (χ3n) is 8.95. The average molecular weight is 649 g/mol. The van der Waals surface area contributed by atoms with Crippen LogP contribution in [0.25, 0.3) is 38.7 Å². The van der Waals surface area contributed by atoms with Crippen LogP contribution in [0.2, 0.25) is 0 Å². The topological polar surface area (TPSA) is 0 Å². The summed E-state index contributed by atoms with van der Waals surface area (Å²) in [7, 11) is -1.76. The maximum atomic E-state index is 4.09. The van der Waals surface area contributed by atoms with E-state index in [1.807, 2.05) is 6.08 Å². The molecule has 8 rings (SSSR count). The van der Waals surface area contributed by atoms with E-state index in [1.54, 1.807) is 0 Å².